The van der Waals surface area contributed by atoms with Crippen LogP contribution in [-0.4, -0.2) is 51.4 Å². The van der Waals surface area contributed by atoms with E-state index < -0.39 is 71.9 Å². The minimum Gasteiger partial charge on any atom is -0.457 e. The molecule has 0 bridgehead atoms. The summed E-state index contributed by atoms with van der Waals surface area (Å²) in [6.45, 7) is 9.55. The highest BCUT2D eigenvalue weighted by Crippen LogP contribution is 2.33. The second kappa shape index (κ2) is 12.5. The summed E-state index contributed by atoms with van der Waals surface area (Å²) in [6.07, 6.45) is -4.04. The van der Waals surface area contributed by atoms with Crippen LogP contribution in [0.25, 0.3) is 6.08 Å². The third-order valence-electron chi connectivity index (χ3n) is 6.81. The number of aliphatic hydroxyl groups is 2. The fourth-order valence-corrected chi connectivity index (χ4v) is 4.74. The Labute approximate surface area is 219 Å². The minimum atomic E-state index is -4.61. The molecule has 0 saturated carbocycles. The van der Waals surface area contributed by atoms with Gasteiger partial charge in [-0.3, -0.25) is 9.59 Å². The van der Waals surface area contributed by atoms with Gasteiger partial charge in [0.2, 0.25) is 0 Å². The molecule has 1 aromatic heterocycles. The number of aromatic nitrogens is 1. The van der Waals surface area contributed by atoms with Gasteiger partial charge in [0, 0.05) is 29.2 Å². The summed E-state index contributed by atoms with van der Waals surface area (Å²) in [5, 5.41) is 24.0. The van der Waals surface area contributed by atoms with Crippen LogP contribution in [0.2, 0.25) is 0 Å². The first-order valence-corrected chi connectivity index (χ1v) is 13.0. The first-order chi connectivity index (χ1) is 17.0. The number of ketones is 1. The summed E-state index contributed by atoms with van der Waals surface area (Å²) < 4.78 is 46.8. The molecule has 2 N–H and O–H groups in total. The Morgan fingerprint density at radius 1 is 1.24 bits per heavy atom. The zero-order chi connectivity index (χ0) is 28.1. The number of ether oxygens (including phenoxy) is 1. The number of carbonyl (C=O) groups is 2. The van der Waals surface area contributed by atoms with Crippen LogP contribution >= 0.6 is 11.3 Å². The van der Waals surface area contributed by atoms with E-state index in [1.807, 2.05) is 6.92 Å². The van der Waals surface area contributed by atoms with Gasteiger partial charge in [-0.05, 0) is 31.9 Å². The van der Waals surface area contributed by atoms with E-state index in [9.17, 15) is 33.0 Å². The lowest BCUT2D eigenvalue weighted by Crippen LogP contribution is -2.45. The monoisotopic (exact) mass is 543 g/mol. The van der Waals surface area contributed by atoms with Crippen LogP contribution in [-0.2, 0) is 14.3 Å². The van der Waals surface area contributed by atoms with Gasteiger partial charge in [-0.1, -0.05) is 45.9 Å². The Morgan fingerprint density at radius 2 is 1.89 bits per heavy atom. The number of cyclic esters (lactones) is 1. The molecule has 37 heavy (non-hydrogen) atoms. The van der Waals surface area contributed by atoms with Crippen molar-refractivity contribution in [3.8, 4) is 0 Å². The molecular formula is C27H36F3NO5S. The van der Waals surface area contributed by atoms with Crippen molar-refractivity contribution < 1.29 is 37.7 Å². The molecule has 0 fully saturated rings. The van der Waals surface area contributed by atoms with E-state index >= 15 is 0 Å². The second-order valence-electron chi connectivity index (χ2n) is 10.2. The van der Waals surface area contributed by atoms with Gasteiger partial charge in [0.25, 0.3) is 0 Å². The summed E-state index contributed by atoms with van der Waals surface area (Å²) in [5.74, 6) is -2.85. The lowest BCUT2D eigenvalue weighted by molar-refractivity contribution is -0.154. The van der Waals surface area contributed by atoms with Crippen molar-refractivity contribution in [1.29, 1.82) is 0 Å². The van der Waals surface area contributed by atoms with Gasteiger partial charge in [-0.15, -0.1) is 11.3 Å². The zero-order valence-corrected chi connectivity index (χ0v) is 22.8. The SMILES string of the molecule is C/C(=C/c1csc(C)n1)C1C/C=C(/C(F)(F)F)C/C=C/C(C)C(O)[C@@H](C)C(=O)C(C)(C)[C@@H](O)CC(=O)O1. The first-order valence-electron chi connectivity index (χ1n) is 12.2. The predicted octanol–water partition coefficient (Wildman–Crippen LogP) is 5.58. The van der Waals surface area contributed by atoms with Gasteiger partial charge in [0.05, 0.1) is 34.7 Å². The van der Waals surface area contributed by atoms with Crippen molar-refractivity contribution in [2.24, 2.45) is 17.3 Å². The van der Waals surface area contributed by atoms with Gasteiger partial charge in [0.1, 0.15) is 11.9 Å². The molecule has 1 aliphatic rings. The van der Waals surface area contributed by atoms with Gasteiger partial charge >= 0.3 is 12.1 Å². The number of carbonyl (C=O) groups excluding carboxylic acids is 2. The average molecular weight is 544 g/mol. The summed E-state index contributed by atoms with van der Waals surface area (Å²) in [7, 11) is 0. The van der Waals surface area contributed by atoms with Crippen LogP contribution in [0.1, 0.15) is 64.6 Å². The molecule has 10 heteroatoms. The third-order valence-corrected chi connectivity index (χ3v) is 7.60. The molecule has 0 aromatic carbocycles. The molecule has 0 radical (unpaired) electrons. The van der Waals surface area contributed by atoms with Gasteiger partial charge in [-0.25, -0.2) is 4.98 Å². The Bertz CT molecular complexity index is 1060. The number of nitrogens with zero attached hydrogens (tertiary/aromatic N) is 1. The van der Waals surface area contributed by atoms with E-state index in [0.29, 0.717) is 11.3 Å². The molecule has 0 aliphatic carbocycles. The van der Waals surface area contributed by atoms with E-state index in [2.05, 4.69) is 4.98 Å². The molecule has 2 heterocycles. The normalized spacial score (nSPS) is 31.4. The number of aryl methyl sites for hydroxylation is 1. The molecule has 5 atom stereocenters. The van der Waals surface area contributed by atoms with Crippen molar-refractivity contribution in [1.82, 2.24) is 4.98 Å². The van der Waals surface area contributed by atoms with E-state index in [-0.39, 0.29) is 6.42 Å². The summed E-state index contributed by atoms with van der Waals surface area (Å²) in [6, 6.07) is 0. The van der Waals surface area contributed by atoms with E-state index in [4.69, 9.17) is 4.74 Å². The van der Waals surface area contributed by atoms with E-state index in [0.717, 1.165) is 11.1 Å². The van der Waals surface area contributed by atoms with Crippen LogP contribution in [0.3, 0.4) is 0 Å². The number of alkyl halides is 3. The Morgan fingerprint density at radius 3 is 2.46 bits per heavy atom. The largest absolute Gasteiger partial charge is 0.457 e. The molecule has 6 nitrogen and oxygen atoms in total. The number of hydrogen-bond donors (Lipinski definition) is 2. The van der Waals surface area contributed by atoms with Crippen LogP contribution in [0, 0.1) is 24.2 Å². The number of aliphatic hydroxyl groups excluding tert-OH is 2. The van der Waals surface area contributed by atoms with E-state index in [1.165, 1.54) is 44.3 Å². The molecule has 1 aromatic rings. The Balaban J connectivity index is 2.50. The number of rotatable bonds is 2. The fourth-order valence-electron chi connectivity index (χ4n) is 4.17. The standard InChI is InChI=1S/C27H36F3NO5S/c1-15-8-7-9-19(27(28,29)30)10-11-21(16(2)12-20-14-37-18(4)31-20)36-23(33)13-22(32)26(5,6)25(35)17(3)24(15)34/h7-8,10,12,14-15,17,21-22,24,32,34H,9,11,13H2,1-6H3/b8-7+,16-12-,19-10+/t15?,17-,21?,22+,24?/m1/s1. The van der Waals surface area contributed by atoms with Crippen molar-refractivity contribution >= 4 is 29.2 Å². The maximum Gasteiger partial charge on any atom is 0.412 e. The topological polar surface area (TPSA) is 96.7 Å². The van der Waals surface area contributed by atoms with Crippen molar-refractivity contribution in [2.75, 3.05) is 0 Å². The number of allylic oxidation sites excluding steroid dienone is 2. The third kappa shape index (κ3) is 8.35. The van der Waals surface area contributed by atoms with Gasteiger partial charge < -0.3 is 14.9 Å². The highest BCUT2D eigenvalue weighted by atomic mass is 32.1. The van der Waals surface area contributed by atoms with Crippen LogP contribution in [0.5, 0.6) is 0 Å². The van der Waals surface area contributed by atoms with Crippen molar-refractivity contribution in [2.45, 2.75) is 85.3 Å². The average Bonchev–Trinajstić information content (AvgIpc) is 3.21. The van der Waals surface area contributed by atoms with Crippen molar-refractivity contribution in [3.63, 3.8) is 0 Å². The number of halogens is 3. The quantitative estimate of drug-likeness (QED) is 0.373. The maximum atomic E-state index is 13.8. The number of hydrogen-bond acceptors (Lipinski definition) is 7. The van der Waals surface area contributed by atoms with Crippen LogP contribution in [0.4, 0.5) is 13.2 Å². The zero-order valence-electron chi connectivity index (χ0n) is 22.0. The number of Topliss-reactive ketones (excluding diaryl/α,β-unsaturated/α-hetero) is 1. The highest BCUT2D eigenvalue weighted by molar-refractivity contribution is 7.09. The minimum absolute atomic E-state index is 0.243. The van der Waals surface area contributed by atoms with Gasteiger partial charge in [-0.2, -0.15) is 13.2 Å². The first kappa shape index (κ1) is 30.9. The fraction of sp³-hybridized carbons (Fsp3) is 0.593. The Hall–Kier alpha value is -2.30. The molecule has 0 spiro atoms. The molecule has 0 saturated heterocycles. The van der Waals surface area contributed by atoms with Crippen LogP contribution in [0.15, 0.2) is 34.8 Å². The van der Waals surface area contributed by atoms with Gasteiger partial charge in [0.15, 0.2) is 0 Å². The molecule has 0 amide bonds. The lowest BCUT2D eigenvalue weighted by Gasteiger charge is -2.34. The Kier molecular flexibility index (Phi) is 10.4. The summed E-state index contributed by atoms with van der Waals surface area (Å²) in [5.41, 5.74) is -1.11. The molecule has 3 unspecified atom stereocenters. The molecule has 2 rings (SSSR count). The number of esters is 1. The summed E-state index contributed by atoms with van der Waals surface area (Å²) >= 11 is 1.41. The van der Waals surface area contributed by atoms with Crippen molar-refractivity contribution in [3.05, 3.63) is 45.5 Å². The van der Waals surface area contributed by atoms with E-state index in [1.54, 1.807) is 25.3 Å². The number of thiazole rings is 1. The van der Waals surface area contributed by atoms with Crippen LogP contribution < -0.4 is 0 Å². The maximum absolute atomic E-state index is 13.8. The predicted molar refractivity (Wildman–Crippen MR) is 137 cm³/mol. The molecule has 1 aliphatic heterocycles. The smallest absolute Gasteiger partial charge is 0.412 e. The highest BCUT2D eigenvalue weighted by Gasteiger charge is 2.42. The molecule has 206 valence electrons. The molecular weight excluding hydrogens is 507 g/mol. The second-order valence-corrected chi connectivity index (χ2v) is 11.3. The summed E-state index contributed by atoms with van der Waals surface area (Å²) in [4.78, 5) is 30.2. The lowest BCUT2D eigenvalue weighted by atomic mass is 9.73.